The Kier molecular flexibility index (Phi) is 6.65. The van der Waals surface area contributed by atoms with Crippen LogP contribution in [0.2, 0.25) is 0 Å². The maximum atomic E-state index is 13.8. The van der Waals surface area contributed by atoms with Crippen LogP contribution in [0.25, 0.3) is 0 Å². The molecule has 1 saturated heterocycles. The number of carbonyl (C=O) groups is 4. The zero-order valence-corrected chi connectivity index (χ0v) is 14.3. The van der Waals surface area contributed by atoms with Gasteiger partial charge in [0.05, 0.1) is 11.6 Å². The highest BCUT2D eigenvalue weighted by molar-refractivity contribution is 6.00. The van der Waals surface area contributed by atoms with Gasteiger partial charge in [-0.05, 0) is 18.6 Å². The zero-order valence-electron chi connectivity index (χ0n) is 14.3. The number of nitrogens with one attached hydrogen (secondary N) is 2. The first kappa shape index (κ1) is 19.4. The van der Waals surface area contributed by atoms with Gasteiger partial charge >= 0.3 is 12.0 Å². The van der Waals surface area contributed by atoms with Crippen LogP contribution in [-0.2, 0) is 19.1 Å². The highest BCUT2D eigenvalue weighted by atomic mass is 19.1. The average Bonchev–Trinajstić information content (AvgIpc) is 3.00. The maximum absolute atomic E-state index is 13.8. The van der Waals surface area contributed by atoms with E-state index in [1.807, 2.05) is 12.2 Å². The maximum Gasteiger partial charge on any atom is 0.321 e. The third kappa shape index (κ3) is 5.01. The molecule has 0 spiro atoms. The van der Waals surface area contributed by atoms with E-state index in [0.717, 1.165) is 0 Å². The Bertz CT molecular complexity index is 709. The predicted octanol–water partition coefficient (Wildman–Crippen LogP) is 0.958. The Balaban J connectivity index is 1.83. The van der Waals surface area contributed by atoms with Gasteiger partial charge in [-0.15, -0.1) is 0 Å². The number of rotatable bonds is 6. The second-order valence-electron chi connectivity index (χ2n) is 5.77. The van der Waals surface area contributed by atoms with Crippen molar-refractivity contribution in [2.24, 2.45) is 5.92 Å². The molecule has 0 unspecified atom stereocenters. The quantitative estimate of drug-likeness (QED) is 0.731. The first-order valence-electron chi connectivity index (χ1n) is 8.21. The van der Waals surface area contributed by atoms with Crippen LogP contribution >= 0.6 is 0 Å². The van der Waals surface area contributed by atoms with Crippen molar-refractivity contribution in [2.45, 2.75) is 19.8 Å². The summed E-state index contributed by atoms with van der Waals surface area (Å²) in [5.74, 6) is -3.29. The van der Waals surface area contributed by atoms with Crippen LogP contribution in [0.15, 0.2) is 24.3 Å². The molecule has 4 amide bonds. The predicted molar refractivity (Wildman–Crippen MR) is 89.7 cm³/mol. The monoisotopic (exact) mass is 365 g/mol. The van der Waals surface area contributed by atoms with Crippen LogP contribution < -0.4 is 15.5 Å². The lowest BCUT2D eigenvalue weighted by Crippen LogP contribution is -2.42. The summed E-state index contributed by atoms with van der Waals surface area (Å²) in [6, 6.07) is 5.09. The number of benzene rings is 1. The van der Waals surface area contributed by atoms with Crippen LogP contribution in [0.4, 0.5) is 14.9 Å². The first-order chi connectivity index (χ1) is 12.4. The molecule has 26 heavy (non-hydrogen) atoms. The van der Waals surface area contributed by atoms with Crippen molar-refractivity contribution < 1.29 is 28.3 Å². The van der Waals surface area contributed by atoms with Crippen molar-refractivity contribution in [1.82, 2.24) is 10.6 Å². The summed E-state index contributed by atoms with van der Waals surface area (Å²) in [5.41, 5.74) is 0.0955. The van der Waals surface area contributed by atoms with E-state index in [2.05, 4.69) is 5.32 Å². The standard InChI is InChI=1S/C17H20FN3O5/c1-2-7-19-17(25)20-14(22)10-26-16(24)11-8-15(23)21(9-11)13-6-4-3-5-12(13)18/h3-6,11H,2,7-10H2,1H3,(H2,19,20,22,25)/t11-/m0/s1. The molecule has 1 atom stereocenters. The van der Waals surface area contributed by atoms with Crippen molar-refractivity contribution in [1.29, 1.82) is 0 Å². The van der Waals surface area contributed by atoms with Crippen molar-refractivity contribution >= 4 is 29.5 Å². The van der Waals surface area contributed by atoms with Crippen LogP contribution in [0.1, 0.15) is 19.8 Å². The average molecular weight is 365 g/mol. The lowest BCUT2D eigenvalue weighted by molar-refractivity contribution is -0.152. The Hall–Kier alpha value is -2.97. The molecule has 0 bridgehead atoms. The number of urea groups is 1. The molecule has 0 saturated carbocycles. The number of ether oxygens (including phenoxy) is 1. The lowest BCUT2D eigenvalue weighted by Gasteiger charge is -2.17. The number of amides is 4. The van der Waals surface area contributed by atoms with Crippen molar-refractivity contribution in [3.05, 3.63) is 30.1 Å². The molecule has 9 heteroatoms. The largest absolute Gasteiger partial charge is 0.455 e. The second-order valence-corrected chi connectivity index (χ2v) is 5.77. The van der Waals surface area contributed by atoms with E-state index in [0.29, 0.717) is 13.0 Å². The van der Waals surface area contributed by atoms with Gasteiger partial charge in [0.1, 0.15) is 5.82 Å². The van der Waals surface area contributed by atoms with Gasteiger partial charge in [-0.3, -0.25) is 19.7 Å². The van der Waals surface area contributed by atoms with Crippen LogP contribution in [-0.4, -0.2) is 43.5 Å². The first-order valence-corrected chi connectivity index (χ1v) is 8.21. The molecule has 0 aliphatic carbocycles. The number of esters is 1. The van der Waals surface area contributed by atoms with E-state index in [-0.39, 0.29) is 18.7 Å². The highest BCUT2D eigenvalue weighted by Gasteiger charge is 2.37. The van der Waals surface area contributed by atoms with Gasteiger partial charge in [0, 0.05) is 19.5 Å². The van der Waals surface area contributed by atoms with Crippen LogP contribution in [0.5, 0.6) is 0 Å². The Morgan fingerprint density at radius 2 is 2.04 bits per heavy atom. The smallest absolute Gasteiger partial charge is 0.321 e. The fourth-order valence-corrected chi connectivity index (χ4v) is 2.47. The van der Waals surface area contributed by atoms with Gasteiger partial charge in [-0.25, -0.2) is 9.18 Å². The van der Waals surface area contributed by atoms with Gasteiger partial charge in [0.2, 0.25) is 5.91 Å². The Labute approximate surface area is 149 Å². The molecule has 1 aromatic carbocycles. The van der Waals surface area contributed by atoms with E-state index in [1.54, 1.807) is 6.07 Å². The lowest BCUT2D eigenvalue weighted by atomic mass is 10.1. The summed E-state index contributed by atoms with van der Waals surface area (Å²) in [5, 5.41) is 4.46. The van der Waals surface area contributed by atoms with E-state index in [1.165, 1.54) is 23.1 Å². The van der Waals surface area contributed by atoms with Crippen LogP contribution in [0, 0.1) is 11.7 Å². The van der Waals surface area contributed by atoms with E-state index in [4.69, 9.17) is 4.74 Å². The summed E-state index contributed by atoms with van der Waals surface area (Å²) >= 11 is 0. The molecule has 0 aromatic heterocycles. The van der Waals surface area contributed by atoms with E-state index >= 15 is 0 Å². The van der Waals surface area contributed by atoms with Crippen molar-refractivity contribution in [2.75, 3.05) is 24.6 Å². The van der Waals surface area contributed by atoms with Crippen molar-refractivity contribution in [3.63, 3.8) is 0 Å². The molecule has 1 fully saturated rings. The van der Waals surface area contributed by atoms with Gasteiger partial charge in [-0.1, -0.05) is 19.1 Å². The Morgan fingerprint density at radius 3 is 2.73 bits per heavy atom. The summed E-state index contributed by atoms with van der Waals surface area (Å²) in [6.45, 7) is 1.60. The number of para-hydroxylation sites is 1. The number of nitrogens with zero attached hydrogens (tertiary/aromatic N) is 1. The molecule has 2 rings (SSSR count). The minimum Gasteiger partial charge on any atom is -0.455 e. The number of hydrogen-bond donors (Lipinski definition) is 2. The minimum absolute atomic E-state index is 0.0306. The topological polar surface area (TPSA) is 105 Å². The summed E-state index contributed by atoms with van der Waals surface area (Å²) in [6.07, 6.45) is 0.580. The SMILES string of the molecule is CCCNC(=O)NC(=O)COC(=O)[C@H]1CC(=O)N(c2ccccc2F)C1. The van der Waals surface area contributed by atoms with Gasteiger partial charge in [0.25, 0.3) is 5.91 Å². The third-order valence-electron chi connectivity index (χ3n) is 3.74. The number of anilines is 1. The summed E-state index contributed by atoms with van der Waals surface area (Å²) in [7, 11) is 0. The third-order valence-corrected chi connectivity index (χ3v) is 3.74. The van der Waals surface area contributed by atoms with Crippen molar-refractivity contribution in [3.8, 4) is 0 Å². The fraction of sp³-hybridized carbons (Fsp3) is 0.412. The number of carbonyl (C=O) groups excluding carboxylic acids is 4. The number of hydrogen-bond acceptors (Lipinski definition) is 5. The molecule has 1 aromatic rings. The molecule has 1 heterocycles. The summed E-state index contributed by atoms with van der Waals surface area (Å²) < 4.78 is 18.7. The second kappa shape index (κ2) is 8.93. The fourth-order valence-electron chi connectivity index (χ4n) is 2.47. The molecule has 2 N–H and O–H groups in total. The zero-order chi connectivity index (χ0) is 19.1. The number of imide groups is 1. The normalized spacial score (nSPS) is 16.3. The summed E-state index contributed by atoms with van der Waals surface area (Å²) in [4.78, 5) is 48.1. The van der Waals surface area contributed by atoms with Gasteiger partial charge < -0.3 is 15.0 Å². The van der Waals surface area contributed by atoms with Gasteiger partial charge in [-0.2, -0.15) is 0 Å². The minimum atomic E-state index is -0.802. The molecule has 1 aliphatic heterocycles. The molecular weight excluding hydrogens is 345 g/mol. The van der Waals surface area contributed by atoms with E-state index < -0.39 is 42.2 Å². The molecule has 1 aliphatic rings. The van der Waals surface area contributed by atoms with E-state index in [9.17, 15) is 23.6 Å². The molecule has 0 radical (unpaired) electrons. The number of halogens is 1. The molecule has 140 valence electrons. The molecular formula is C17H20FN3O5. The van der Waals surface area contributed by atoms with Gasteiger partial charge in [0.15, 0.2) is 6.61 Å². The highest BCUT2D eigenvalue weighted by Crippen LogP contribution is 2.27. The van der Waals surface area contributed by atoms with Crippen LogP contribution in [0.3, 0.4) is 0 Å². The molecule has 8 nitrogen and oxygen atoms in total. The Morgan fingerprint density at radius 1 is 1.31 bits per heavy atom.